The fraction of sp³-hybridized carbons (Fsp3) is 0.429. The standard InChI is InChI=1S/C28H34N6O2/c1-17-21(16-29)8-7-9-22(17)18(2)30-27-23-14-25(26(36-6)15-24(23)31-19(3)32-27)34-12-10-20(11-13-34)28(35)33(4)5/h7-9,14-15,18,20H,10-13H2,1-6H3,(H,30,31,32)/t18-/m1/s1. The van der Waals surface area contributed by atoms with Crippen molar-refractivity contribution in [3.05, 3.63) is 52.8 Å². The molecule has 4 rings (SSSR count). The quantitative estimate of drug-likeness (QED) is 0.544. The van der Waals surface area contributed by atoms with Gasteiger partial charge in [-0.05, 0) is 56.9 Å². The van der Waals surface area contributed by atoms with Gasteiger partial charge in [0.15, 0.2) is 0 Å². The Hall–Kier alpha value is -3.86. The number of benzene rings is 2. The first-order valence-corrected chi connectivity index (χ1v) is 12.3. The van der Waals surface area contributed by atoms with Crippen molar-refractivity contribution in [2.24, 2.45) is 5.92 Å². The van der Waals surface area contributed by atoms with E-state index < -0.39 is 0 Å². The van der Waals surface area contributed by atoms with Gasteiger partial charge in [-0.3, -0.25) is 4.79 Å². The number of aromatic nitrogens is 2. The van der Waals surface area contributed by atoms with Crippen LogP contribution in [0.25, 0.3) is 10.9 Å². The first kappa shape index (κ1) is 25.2. The maximum absolute atomic E-state index is 12.4. The van der Waals surface area contributed by atoms with E-state index in [4.69, 9.17) is 9.72 Å². The number of piperidine rings is 1. The van der Waals surface area contributed by atoms with Crippen molar-refractivity contribution in [2.75, 3.05) is 44.5 Å². The molecule has 1 amide bonds. The highest BCUT2D eigenvalue weighted by Gasteiger charge is 2.28. The summed E-state index contributed by atoms with van der Waals surface area (Å²) >= 11 is 0. The van der Waals surface area contributed by atoms with Crippen molar-refractivity contribution >= 4 is 28.3 Å². The van der Waals surface area contributed by atoms with Crippen LogP contribution in [0.4, 0.5) is 11.5 Å². The molecule has 1 aromatic heterocycles. The third-order valence-corrected chi connectivity index (χ3v) is 7.05. The molecule has 1 aliphatic heterocycles. The molecule has 36 heavy (non-hydrogen) atoms. The molecule has 8 nitrogen and oxygen atoms in total. The molecule has 1 N–H and O–H groups in total. The highest BCUT2D eigenvalue weighted by atomic mass is 16.5. The Morgan fingerprint density at radius 2 is 1.94 bits per heavy atom. The van der Waals surface area contributed by atoms with E-state index in [-0.39, 0.29) is 17.9 Å². The van der Waals surface area contributed by atoms with Crippen molar-refractivity contribution in [2.45, 2.75) is 39.7 Å². The van der Waals surface area contributed by atoms with Gasteiger partial charge in [-0.25, -0.2) is 9.97 Å². The minimum Gasteiger partial charge on any atom is -0.495 e. The average Bonchev–Trinajstić information content (AvgIpc) is 2.87. The second kappa shape index (κ2) is 10.4. The first-order valence-electron chi connectivity index (χ1n) is 12.3. The predicted molar refractivity (Wildman–Crippen MR) is 142 cm³/mol. The molecule has 0 saturated carbocycles. The third-order valence-electron chi connectivity index (χ3n) is 7.05. The van der Waals surface area contributed by atoms with Crippen molar-refractivity contribution in [1.82, 2.24) is 14.9 Å². The lowest BCUT2D eigenvalue weighted by atomic mass is 9.95. The summed E-state index contributed by atoms with van der Waals surface area (Å²) in [6.45, 7) is 7.48. The maximum atomic E-state index is 12.4. The topological polar surface area (TPSA) is 94.4 Å². The fourth-order valence-corrected chi connectivity index (χ4v) is 5.04. The van der Waals surface area contributed by atoms with Crippen molar-refractivity contribution in [1.29, 1.82) is 5.26 Å². The Labute approximate surface area is 212 Å². The van der Waals surface area contributed by atoms with E-state index in [1.54, 1.807) is 12.0 Å². The number of nitrogens with zero attached hydrogens (tertiary/aromatic N) is 5. The largest absolute Gasteiger partial charge is 0.495 e. The van der Waals surface area contributed by atoms with Gasteiger partial charge in [-0.15, -0.1) is 0 Å². The number of hydrogen-bond acceptors (Lipinski definition) is 7. The van der Waals surface area contributed by atoms with Crippen LogP contribution in [0.2, 0.25) is 0 Å². The van der Waals surface area contributed by atoms with Crippen LogP contribution in [0, 0.1) is 31.1 Å². The summed E-state index contributed by atoms with van der Waals surface area (Å²) in [6, 6.07) is 12.1. The summed E-state index contributed by atoms with van der Waals surface area (Å²) in [5.74, 6) is 2.42. The lowest BCUT2D eigenvalue weighted by Crippen LogP contribution is -2.40. The van der Waals surface area contributed by atoms with Crippen LogP contribution < -0.4 is 15.0 Å². The maximum Gasteiger partial charge on any atom is 0.225 e. The van der Waals surface area contributed by atoms with Crippen LogP contribution in [-0.4, -0.2) is 55.1 Å². The van der Waals surface area contributed by atoms with Gasteiger partial charge in [0.05, 0.1) is 36.0 Å². The number of aryl methyl sites for hydroxylation is 1. The van der Waals surface area contributed by atoms with Gasteiger partial charge in [-0.2, -0.15) is 5.26 Å². The molecule has 1 atom stereocenters. The van der Waals surface area contributed by atoms with Gasteiger partial charge in [0, 0.05) is 44.6 Å². The molecule has 188 valence electrons. The second-order valence-corrected chi connectivity index (χ2v) is 9.65. The zero-order valence-electron chi connectivity index (χ0n) is 21.9. The van der Waals surface area contributed by atoms with E-state index in [0.717, 1.165) is 65.2 Å². The molecule has 3 aromatic rings. The van der Waals surface area contributed by atoms with Crippen molar-refractivity contribution in [3.63, 3.8) is 0 Å². The van der Waals surface area contributed by atoms with Crippen LogP contribution >= 0.6 is 0 Å². The van der Waals surface area contributed by atoms with E-state index in [0.29, 0.717) is 11.4 Å². The van der Waals surface area contributed by atoms with E-state index in [1.807, 2.05) is 52.2 Å². The summed E-state index contributed by atoms with van der Waals surface area (Å²) < 4.78 is 5.76. The summed E-state index contributed by atoms with van der Waals surface area (Å²) in [5, 5.41) is 13.9. The zero-order valence-corrected chi connectivity index (χ0v) is 21.9. The van der Waals surface area contributed by atoms with Gasteiger partial charge < -0.3 is 19.9 Å². The number of carbonyl (C=O) groups is 1. The second-order valence-electron chi connectivity index (χ2n) is 9.65. The molecule has 1 saturated heterocycles. The van der Waals surface area contributed by atoms with Gasteiger partial charge in [-0.1, -0.05) is 12.1 Å². The lowest BCUT2D eigenvalue weighted by Gasteiger charge is -2.34. The van der Waals surface area contributed by atoms with Gasteiger partial charge in [0.25, 0.3) is 0 Å². The molecule has 2 aromatic carbocycles. The molecule has 0 unspecified atom stereocenters. The summed E-state index contributed by atoms with van der Waals surface area (Å²) in [5.41, 5.74) is 4.48. The lowest BCUT2D eigenvalue weighted by molar-refractivity contribution is -0.133. The Balaban J connectivity index is 1.68. The minimum atomic E-state index is -0.0610. The molecule has 1 aliphatic rings. The third kappa shape index (κ3) is 4.92. The van der Waals surface area contributed by atoms with Crippen LogP contribution in [0.5, 0.6) is 5.75 Å². The van der Waals surface area contributed by atoms with Crippen LogP contribution in [-0.2, 0) is 4.79 Å². The number of rotatable bonds is 6. The molecular weight excluding hydrogens is 452 g/mol. The molecular formula is C28H34N6O2. The first-order chi connectivity index (χ1) is 17.2. The number of nitrogens with one attached hydrogen (secondary N) is 1. The number of hydrogen-bond donors (Lipinski definition) is 1. The van der Waals surface area contributed by atoms with Crippen LogP contribution in [0.3, 0.4) is 0 Å². The van der Waals surface area contributed by atoms with Gasteiger partial charge >= 0.3 is 0 Å². The summed E-state index contributed by atoms with van der Waals surface area (Å²) in [6.07, 6.45) is 1.61. The number of nitriles is 1. The van der Waals surface area contributed by atoms with Crippen molar-refractivity contribution < 1.29 is 9.53 Å². The fourth-order valence-electron chi connectivity index (χ4n) is 5.04. The smallest absolute Gasteiger partial charge is 0.225 e. The molecule has 0 spiro atoms. The Bertz CT molecular complexity index is 1320. The number of anilines is 2. The molecule has 0 aliphatic carbocycles. The predicted octanol–water partition coefficient (Wildman–Crippen LogP) is 4.60. The number of fused-ring (bicyclic) bond motifs is 1. The Morgan fingerprint density at radius 3 is 2.58 bits per heavy atom. The zero-order chi connectivity index (χ0) is 26.0. The molecule has 2 heterocycles. The Kier molecular flexibility index (Phi) is 7.30. The van der Waals surface area contributed by atoms with Gasteiger partial charge in [0.1, 0.15) is 17.4 Å². The van der Waals surface area contributed by atoms with Gasteiger partial charge in [0.2, 0.25) is 5.91 Å². The molecule has 0 bridgehead atoms. The SMILES string of the molecule is COc1cc2nc(C)nc(N[C@H](C)c3cccc(C#N)c3C)c2cc1N1CCC(C(=O)N(C)C)CC1. The van der Waals surface area contributed by atoms with E-state index in [2.05, 4.69) is 34.3 Å². The number of amides is 1. The molecule has 1 fully saturated rings. The average molecular weight is 487 g/mol. The molecule has 8 heteroatoms. The van der Waals surface area contributed by atoms with E-state index >= 15 is 0 Å². The highest BCUT2D eigenvalue weighted by molar-refractivity contribution is 5.94. The number of methoxy groups -OCH3 is 1. The van der Waals surface area contributed by atoms with Crippen molar-refractivity contribution in [3.8, 4) is 11.8 Å². The van der Waals surface area contributed by atoms with Crippen LogP contribution in [0.15, 0.2) is 30.3 Å². The van der Waals surface area contributed by atoms with E-state index in [9.17, 15) is 10.1 Å². The normalized spacial score (nSPS) is 14.9. The monoisotopic (exact) mass is 486 g/mol. The van der Waals surface area contributed by atoms with E-state index in [1.165, 1.54) is 0 Å². The number of carbonyl (C=O) groups excluding carboxylic acids is 1. The summed E-state index contributed by atoms with van der Waals surface area (Å²) in [4.78, 5) is 25.8. The number of ether oxygens (including phenoxy) is 1. The highest BCUT2D eigenvalue weighted by Crippen LogP contribution is 2.38. The molecule has 0 radical (unpaired) electrons. The minimum absolute atomic E-state index is 0.0548. The van der Waals surface area contributed by atoms with Crippen LogP contribution in [0.1, 0.15) is 48.3 Å². The summed E-state index contributed by atoms with van der Waals surface area (Å²) in [7, 11) is 5.31. The Morgan fingerprint density at radius 1 is 1.22 bits per heavy atom.